The maximum absolute atomic E-state index is 11.9. The lowest BCUT2D eigenvalue weighted by atomic mass is 10.4. The molecule has 1 aromatic rings. The van der Waals surface area contributed by atoms with Crippen molar-refractivity contribution in [2.24, 2.45) is 0 Å². The fraction of sp³-hybridized carbons (Fsp3) is 0.571. The maximum Gasteiger partial charge on any atom is 0.236 e. The number of rotatable bonds is 8. The van der Waals surface area contributed by atoms with E-state index in [9.17, 15) is 9.59 Å². The molecule has 1 heterocycles. The number of furan rings is 1. The molecule has 6 nitrogen and oxygen atoms in total. The smallest absolute Gasteiger partial charge is 0.236 e. The lowest BCUT2D eigenvalue weighted by molar-refractivity contribution is -0.132. The monoisotopic (exact) mass is 281 g/mol. The molecular weight excluding hydrogens is 258 g/mol. The van der Waals surface area contributed by atoms with E-state index in [0.29, 0.717) is 25.4 Å². The van der Waals surface area contributed by atoms with Gasteiger partial charge in [0.1, 0.15) is 5.76 Å². The number of hydrogen-bond donors (Lipinski definition) is 1. The van der Waals surface area contributed by atoms with Crippen molar-refractivity contribution in [3.8, 4) is 0 Å². The molecule has 0 saturated heterocycles. The molecule has 0 unspecified atom stereocenters. The molecule has 1 rings (SSSR count). The van der Waals surface area contributed by atoms with Gasteiger partial charge in [0, 0.05) is 13.1 Å². The second kappa shape index (κ2) is 8.37. The standard InChI is InChI=1S/C14H23N3O3/c1-4-17(5-2)14(19)11-16(3)10-13(18)15-9-12-7-6-8-20-12/h6-8H,4-5,9-11H2,1-3H3,(H,15,18). The SMILES string of the molecule is CCN(CC)C(=O)CN(C)CC(=O)NCc1ccco1. The van der Waals surface area contributed by atoms with E-state index >= 15 is 0 Å². The highest BCUT2D eigenvalue weighted by Crippen LogP contribution is 1.98. The van der Waals surface area contributed by atoms with E-state index in [0.717, 1.165) is 0 Å². The summed E-state index contributed by atoms with van der Waals surface area (Å²) in [6, 6.07) is 3.57. The Morgan fingerprint density at radius 1 is 1.25 bits per heavy atom. The van der Waals surface area contributed by atoms with E-state index in [1.807, 2.05) is 13.8 Å². The minimum absolute atomic E-state index is 0.0383. The van der Waals surface area contributed by atoms with Crippen LogP contribution in [0.1, 0.15) is 19.6 Å². The topological polar surface area (TPSA) is 65.8 Å². The molecule has 112 valence electrons. The average molecular weight is 281 g/mol. The first-order valence-electron chi connectivity index (χ1n) is 6.82. The molecule has 2 amide bonds. The van der Waals surface area contributed by atoms with Crippen LogP contribution in [0.5, 0.6) is 0 Å². The molecule has 1 aromatic heterocycles. The van der Waals surface area contributed by atoms with Crippen molar-refractivity contribution in [2.45, 2.75) is 20.4 Å². The highest BCUT2D eigenvalue weighted by atomic mass is 16.3. The predicted octanol–water partition coefficient (Wildman–Crippen LogP) is 0.696. The van der Waals surface area contributed by atoms with Gasteiger partial charge in [-0.1, -0.05) is 0 Å². The number of likely N-dealkylation sites (N-methyl/N-ethyl adjacent to an activating group) is 2. The van der Waals surface area contributed by atoms with Crippen LogP contribution in [0.2, 0.25) is 0 Å². The minimum Gasteiger partial charge on any atom is -0.467 e. The van der Waals surface area contributed by atoms with E-state index < -0.39 is 0 Å². The zero-order valence-electron chi connectivity index (χ0n) is 12.4. The quantitative estimate of drug-likeness (QED) is 0.761. The number of hydrogen-bond acceptors (Lipinski definition) is 4. The fourth-order valence-corrected chi connectivity index (χ4v) is 1.86. The summed E-state index contributed by atoms with van der Waals surface area (Å²) in [6.07, 6.45) is 1.57. The maximum atomic E-state index is 11.9. The van der Waals surface area contributed by atoms with Crippen molar-refractivity contribution in [3.63, 3.8) is 0 Å². The van der Waals surface area contributed by atoms with Gasteiger partial charge in [-0.2, -0.15) is 0 Å². The van der Waals surface area contributed by atoms with E-state index in [-0.39, 0.29) is 24.9 Å². The Hall–Kier alpha value is -1.82. The second-order valence-corrected chi connectivity index (χ2v) is 4.59. The Morgan fingerprint density at radius 3 is 2.50 bits per heavy atom. The van der Waals surface area contributed by atoms with Gasteiger partial charge in [0.15, 0.2) is 0 Å². The first-order valence-corrected chi connectivity index (χ1v) is 6.82. The highest BCUT2D eigenvalue weighted by Gasteiger charge is 2.14. The summed E-state index contributed by atoms with van der Waals surface area (Å²) in [7, 11) is 1.76. The molecule has 0 atom stereocenters. The predicted molar refractivity (Wildman–Crippen MR) is 76.0 cm³/mol. The van der Waals surface area contributed by atoms with Gasteiger partial charge in [-0.05, 0) is 33.0 Å². The van der Waals surface area contributed by atoms with Gasteiger partial charge >= 0.3 is 0 Å². The number of carbonyl (C=O) groups is 2. The number of amides is 2. The molecule has 20 heavy (non-hydrogen) atoms. The van der Waals surface area contributed by atoms with Crippen LogP contribution in [-0.4, -0.2) is 54.8 Å². The molecule has 0 bridgehead atoms. The average Bonchev–Trinajstić information content (AvgIpc) is 2.90. The molecule has 0 saturated carbocycles. The van der Waals surface area contributed by atoms with Gasteiger partial charge in [-0.3, -0.25) is 14.5 Å². The van der Waals surface area contributed by atoms with Gasteiger partial charge in [-0.25, -0.2) is 0 Å². The molecule has 0 aromatic carbocycles. The van der Waals surface area contributed by atoms with E-state index in [2.05, 4.69) is 5.32 Å². The van der Waals surface area contributed by atoms with Crippen LogP contribution in [0.15, 0.2) is 22.8 Å². The van der Waals surface area contributed by atoms with Crippen LogP contribution in [0.4, 0.5) is 0 Å². The summed E-state index contributed by atoms with van der Waals surface area (Å²) < 4.78 is 5.12. The Morgan fingerprint density at radius 2 is 1.95 bits per heavy atom. The molecule has 1 N–H and O–H groups in total. The van der Waals surface area contributed by atoms with E-state index in [4.69, 9.17) is 4.42 Å². The summed E-state index contributed by atoms with van der Waals surface area (Å²) >= 11 is 0. The summed E-state index contributed by atoms with van der Waals surface area (Å²) in [5.41, 5.74) is 0. The minimum atomic E-state index is -0.128. The molecule has 0 radical (unpaired) electrons. The van der Waals surface area contributed by atoms with Gasteiger partial charge in [0.25, 0.3) is 0 Å². The number of carbonyl (C=O) groups excluding carboxylic acids is 2. The van der Waals surface area contributed by atoms with E-state index in [1.165, 1.54) is 0 Å². The molecular formula is C14H23N3O3. The van der Waals surface area contributed by atoms with Crippen molar-refractivity contribution in [2.75, 3.05) is 33.2 Å². The summed E-state index contributed by atoms with van der Waals surface area (Å²) in [4.78, 5) is 27.1. The fourth-order valence-electron chi connectivity index (χ4n) is 1.86. The molecule has 0 aliphatic rings. The van der Waals surface area contributed by atoms with Crippen molar-refractivity contribution in [1.29, 1.82) is 0 Å². The summed E-state index contributed by atoms with van der Waals surface area (Å²) in [5.74, 6) is 0.618. The zero-order chi connectivity index (χ0) is 15.0. The third kappa shape index (κ3) is 5.44. The van der Waals surface area contributed by atoms with Crippen LogP contribution in [-0.2, 0) is 16.1 Å². The third-order valence-electron chi connectivity index (χ3n) is 2.97. The Bertz CT molecular complexity index is 413. The number of nitrogens with zero attached hydrogens (tertiary/aromatic N) is 2. The van der Waals surface area contributed by atoms with Crippen LogP contribution in [0, 0.1) is 0 Å². The third-order valence-corrected chi connectivity index (χ3v) is 2.97. The Labute approximate surface area is 119 Å². The normalized spacial score (nSPS) is 10.6. The zero-order valence-corrected chi connectivity index (χ0v) is 12.4. The van der Waals surface area contributed by atoms with Gasteiger partial charge < -0.3 is 14.6 Å². The molecule has 0 aliphatic heterocycles. The molecule has 0 spiro atoms. The lowest BCUT2D eigenvalue weighted by Crippen LogP contribution is -2.42. The van der Waals surface area contributed by atoms with Crippen molar-refractivity contribution >= 4 is 11.8 Å². The summed E-state index contributed by atoms with van der Waals surface area (Å²) in [6.45, 7) is 6.06. The van der Waals surface area contributed by atoms with Gasteiger partial charge in [0.05, 0.1) is 25.9 Å². The van der Waals surface area contributed by atoms with Crippen molar-refractivity contribution < 1.29 is 14.0 Å². The second-order valence-electron chi connectivity index (χ2n) is 4.59. The Kier molecular flexibility index (Phi) is 6.79. The van der Waals surface area contributed by atoms with Crippen LogP contribution in [0.3, 0.4) is 0 Å². The number of nitrogens with one attached hydrogen (secondary N) is 1. The van der Waals surface area contributed by atoms with Crippen LogP contribution < -0.4 is 5.32 Å². The largest absolute Gasteiger partial charge is 0.467 e. The van der Waals surface area contributed by atoms with Crippen LogP contribution >= 0.6 is 0 Å². The lowest BCUT2D eigenvalue weighted by Gasteiger charge is -2.22. The van der Waals surface area contributed by atoms with Crippen LogP contribution in [0.25, 0.3) is 0 Å². The van der Waals surface area contributed by atoms with Gasteiger partial charge in [0.2, 0.25) is 11.8 Å². The molecule has 6 heteroatoms. The summed E-state index contributed by atoms with van der Waals surface area (Å²) in [5, 5.41) is 2.75. The Balaban J connectivity index is 2.28. The van der Waals surface area contributed by atoms with Gasteiger partial charge in [-0.15, -0.1) is 0 Å². The van der Waals surface area contributed by atoms with E-state index in [1.54, 1.807) is 35.2 Å². The van der Waals surface area contributed by atoms with Crippen molar-refractivity contribution in [3.05, 3.63) is 24.2 Å². The highest BCUT2D eigenvalue weighted by molar-refractivity contribution is 5.81. The first kappa shape index (κ1) is 16.2. The van der Waals surface area contributed by atoms with Crippen molar-refractivity contribution in [1.82, 2.24) is 15.1 Å². The molecule has 0 aliphatic carbocycles. The molecule has 0 fully saturated rings. The first-order chi connectivity index (χ1) is 9.56.